The third-order valence-corrected chi connectivity index (χ3v) is 5.45. The zero-order valence-corrected chi connectivity index (χ0v) is 12.6. The van der Waals surface area contributed by atoms with E-state index in [0.29, 0.717) is 13.0 Å². The number of hydrogen-bond donors (Lipinski definition) is 1. The quantitative estimate of drug-likeness (QED) is 0.875. The van der Waals surface area contributed by atoms with E-state index in [0.717, 1.165) is 24.3 Å². The minimum absolute atomic E-state index is 0.0276. The fourth-order valence-electron chi connectivity index (χ4n) is 3.23. The molecule has 1 saturated heterocycles. The van der Waals surface area contributed by atoms with Crippen LogP contribution in [0.25, 0.3) is 0 Å². The first-order chi connectivity index (χ1) is 9.54. The van der Waals surface area contributed by atoms with Gasteiger partial charge in [-0.3, -0.25) is 4.79 Å². The first kappa shape index (κ1) is 13.9. The summed E-state index contributed by atoms with van der Waals surface area (Å²) in [6.45, 7) is 2.82. The van der Waals surface area contributed by atoms with Crippen molar-refractivity contribution in [2.75, 3.05) is 13.1 Å². The Balaban J connectivity index is 1.66. The molecule has 0 saturated carbocycles. The second-order valence-electron chi connectivity index (χ2n) is 5.88. The van der Waals surface area contributed by atoms with Crippen LogP contribution in [0.5, 0.6) is 0 Å². The molecular weight excluding hydrogens is 277 g/mol. The zero-order chi connectivity index (χ0) is 14.3. The lowest BCUT2D eigenvalue weighted by Crippen LogP contribution is -2.71. The highest BCUT2D eigenvalue weighted by Gasteiger charge is 2.37. The Bertz CT molecular complexity index is 519. The second-order valence-corrected chi connectivity index (χ2v) is 7.17. The molecule has 1 amide bonds. The van der Waals surface area contributed by atoms with Gasteiger partial charge in [-0.1, -0.05) is 0 Å². The molecule has 1 aromatic heterocycles. The van der Waals surface area contributed by atoms with Crippen LogP contribution in [0.4, 0.5) is 4.39 Å². The minimum atomic E-state index is -0.853. The molecule has 3 rings (SSSR count). The lowest BCUT2D eigenvalue weighted by molar-refractivity contribution is -0.418. The van der Waals surface area contributed by atoms with Crippen LogP contribution in [0.2, 0.25) is 0 Å². The van der Waals surface area contributed by atoms with Crippen LogP contribution in [0, 0.1) is 12.8 Å². The first-order valence-corrected chi connectivity index (χ1v) is 8.07. The molecule has 4 nitrogen and oxygen atoms in total. The lowest BCUT2D eigenvalue weighted by Gasteiger charge is -2.26. The van der Waals surface area contributed by atoms with Gasteiger partial charge in [-0.15, -0.1) is 11.3 Å². The summed E-state index contributed by atoms with van der Waals surface area (Å²) in [7, 11) is 0. The van der Waals surface area contributed by atoms with Gasteiger partial charge in [0.05, 0.1) is 17.2 Å². The normalized spacial score (nSPS) is 27.4. The van der Waals surface area contributed by atoms with Gasteiger partial charge in [-0.25, -0.2) is 9.37 Å². The Labute approximate surface area is 122 Å². The Morgan fingerprint density at radius 2 is 2.35 bits per heavy atom. The van der Waals surface area contributed by atoms with Crippen molar-refractivity contribution in [1.29, 1.82) is 0 Å². The van der Waals surface area contributed by atoms with Gasteiger partial charge in [0.2, 0.25) is 0 Å². The van der Waals surface area contributed by atoms with Crippen molar-refractivity contribution in [2.24, 2.45) is 5.92 Å². The maximum absolute atomic E-state index is 13.2. The standard InChI is InChI=1S/C14H20FN3OS/c1-8-17-11-3-2-9(6-12(11)20-8)13(16)14(19)18-5-4-10(15)7-18/h9-10,13H,2-7,16H2,1H3/p+1/t9?,10-,13-/m0/s1. The molecule has 3 N–H and O–H groups in total. The largest absolute Gasteiger partial charge is 0.347 e. The number of nitrogens with zero attached hydrogens (tertiary/aromatic N) is 2. The monoisotopic (exact) mass is 298 g/mol. The highest BCUT2D eigenvalue weighted by Crippen LogP contribution is 2.31. The van der Waals surface area contributed by atoms with E-state index in [-0.39, 0.29) is 24.4 Å². The summed E-state index contributed by atoms with van der Waals surface area (Å²) in [6, 6.07) is -0.254. The summed E-state index contributed by atoms with van der Waals surface area (Å²) in [5, 5.41) is 1.10. The first-order valence-electron chi connectivity index (χ1n) is 7.25. The summed E-state index contributed by atoms with van der Waals surface area (Å²) in [4.78, 5) is 19.9. The van der Waals surface area contributed by atoms with Crippen LogP contribution in [0.1, 0.15) is 28.4 Å². The summed E-state index contributed by atoms with van der Waals surface area (Å²) in [5.41, 5.74) is 5.28. The Hall–Kier alpha value is -1.01. The maximum atomic E-state index is 13.2. The Morgan fingerprint density at radius 3 is 3.05 bits per heavy atom. The molecule has 1 aliphatic heterocycles. The SMILES string of the molecule is Cc1nc2c(s1)CC([C@H]([NH3+])C(=O)N1CC[C@H](F)C1)CC2. The zero-order valence-electron chi connectivity index (χ0n) is 11.8. The van der Waals surface area contributed by atoms with E-state index in [9.17, 15) is 9.18 Å². The fourth-order valence-corrected chi connectivity index (χ4v) is 4.30. The van der Waals surface area contributed by atoms with E-state index in [1.807, 2.05) is 6.92 Å². The molecular formula is C14H21FN3OS+. The van der Waals surface area contributed by atoms with E-state index in [2.05, 4.69) is 10.7 Å². The number of halogens is 1. The number of hydrogen-bond acceptors (Lipinski definition) is 3. The lowest BCUT2D eigenvalue weighted by atomic mass is 9.85. The van der Waals surface area contributed by atoms with Crippen molar-refractivity contribution in [3.05, 3.63) is 15.6 Å². The van der Waals surface area contributed by atoms with Crippen LogP contribution in [0.15, 0.2) is 0 Å². The molecule has 1 unspecified atom stereocenters. The van der Waals surface area contributed by atoms with E-state index < -0.39 is 6.17 Å². The van der Waals surface area contributed by atoms with Crippen molar-refractivity contribution in [1.82, 2.24) is 9.88 Å². The number of likely N-dealkylation sites (tertiary alicyclic amines) is 1. The van der Waals surface area contributed by atoms with Gasteiger partial charge < -0.3 is 10.6 Å². The van der Waals surface area contributed by atoms with Crippen LogP contribution in [0.3, 0.4) is 0 Å². The number of fused-ring (bicyclic) bond motifs is 1. The molecule has 2 heterocycles. The van der Waals surface area contributed by atoms with Crippen LogP contribution in [-0.2, 0) is 17.6 Å². The Kier molecular flexibility index (Phi) is 3.77. The number of quaternary nitrogens is 1. The second kappa shape index (κ2) is 5.41. The summed E-state index contributed by atoms with van der Waals surface area (Å²) < 4.78 is 13.2. The van der Waals surface area contributed by atoms with Gasteiger partial charge in [0.25, 0.3) is 5.91 Å². The molecule has 3 atom stereocenters. The van der Waals surface area contributed by atoms with Crippen molar-refractivity contribution in [2.45, 2.75) is 44.8 Å². The average Bonchev–Trinajstić information content (AvgIpc) is 3.00. The molecule has 0 bridgehead atoms. The fraction of sp³-hybridized carbons (Fsp3) is 0.714. The maximum Gasteiger partial charge on any atom is 0.281 e. The molecule has 110 valence electrons. The molecule has 20 heavy (non-hydrogen) atoms. The van der Waals surface area contributed by atoms with E-state index in [1.54, 1.807) is 16.2 Å². The highest BCUT2D eigenvalue weighted by molar-refractivity contribution is 7.11. The molecule has 6 heteroatoms. The summed E-state index contributed by atoms with van der Waals surface area (Å²) in [5.74, 6) is 0.299. The van der Waals surface area contributed by atoms with Crippen molar-refractivity contribution >= 4 is 17.2 Å². The predicted octanol–water partition coefficient (Wildman–Crippen LogP) is 0.737. The van der Waals surface area contributed by atoms with Crippen molar-refractivity contribution in [3.8, 4) is 0 Å². The van der Waals surface area contributed by atoms with Gasteiger partial charge >= 0.3 is 0 Å². The van der Waals surface area contributed by atoms with Gasteiger partial charge in [-0.2, -0.15) is 0 Å². The van der Waals surface area contributed by atoms with Gasteiger partial charge in [0, 0.05) is 17.3 Å². The number of rotatable bonds is 2. The summed E-state index contributed by atoms with van der Waals surface area (Å²) in [6.07, 6.45) is 2.42. The Morgan fingerprint density at radius 1 is 1.55 bits per heavy atom. The summed E-state index contributed by atoms with van der Waals surface area (Å²) >= 11 is 1.73. The smallest absolute Gasteiger partial charge is 0.281 e. The van der Waals surface area contributed by atoms with Gasteiger partial charge in [-0.05, 0) is 32.6 Å². The van der Waals surface area contributed by atoms with Crippen LogP contribution < -0.4 is 5.73 Å². The topological polar surface area (TPSA) is 60.8 Å². The number of aromatic nitrogens is 1. The third kappa shape index (κ3) is 2.59. The van der Waals surface area contributed by atoms with Crippen molar-refractivity contribution < 1.29 is 14.9 Å². The molecule has 0 aromatic carbocycles. The average molecular weight is 298 g/mol. The van der Waals surface area contributed by atoms with Gasteiger partial charge in [0.15, 0.2) is 6.04 Å². The highest BCUT2D eigenvalue weighted by atomic mass is 32.1. The van der Waals surface area contributed by atoms with Crippen molar-refractivity contribution in [3.63, 3.8) is 0 Å². The minimum Gasteiger partial charge on any atom is -0.347 e. The molecule has 1 fully saturated rings. The molecule has 2 aliphatic rings. The van der Waals surface area contributed by atoms with E-state index >= 15 is 0 Å². The van der Waals surface area contributed by atoms with E-state index in [1.165, 1.54) is 10.6 Å². The molecule has 0 spiro atoms. The molecule has 1 aliphatic carbocycles. The van der Waals surface area contributed by atoms with E-state index in [4.69, 9.17) is 0 Å². The number of carbonyl (C=O) groups excluding carboxylic acids is 1. The number of aryl methyl sites for hydroxylation is 2. The number of thiazole rings is 1. The third-order valence-electron chi connectivity index (χ3n) is 4.41. The van der Waals surface area contributed by atoms with Gasteiger partial charge in [0.1, 0.15) is 6.17 Å². The molecule has 1 aromatic rings. The number of alkyl halides is 1. The molecule has 0 radical (unpaired) electrons. The number of carbonyl (C=O) groups is 1. The predicted molar refractivity (Wildman–Crippen MR) is 75.1 cm³/mol. The van der Waals surface area contributed by atoms with Crippen LogP contribution >= 0.6 is 11.3 Å². The number of amides is 1. The van der Waals surface area contributed by atoms with Crippen LogP contribution in [-0.4, -0.2) is 41.1 Å².